The molecule has 0 aromatic rings. The molecule has 1 saturated carbocycles. The highest BCUT2D eigenvalue weighted by Crippen LogP contribution is 2.31. The molecule has 2 N–H and O–H groups in total. The van der Waals surface area contributed by atoms with Gasteiger partial charge in [-0.15, -0.1) is 0 Å². The molecule has 1 saturated heterocycles. The van der Waals surface area contributed by atoms with Crippen LogP contribution in [0.1, 0.15) is 38.5 Å². The normalized spacial score (nSPS) is 29.6. The first-order valence-electron chi connectivity index (χ1n) is 7.44. The summed E-state index contributed by atoms with van der Waals surface area (Å²) in [5.74, 6) is -0.192. The van der Waals surface area contributed by atoms with Gasteiger partial charge in [0.05, 0.1) is 5.25 Å². The van der Waals surface area contributed by atoms with E-state index >= 15 is 0 Å². The van der Waals surface area contributed by atoms with Crippen molar-refractivity contribution in [3.63, 3.8) is 0 Å². The van der Waals surface area contributed by atoms with Crippen molar-refractivity contribution in [3.8, 4) is 0 Å². The number of carbonyl (C=O) groups excluding carboxylic acids is 1. The summed E-state index contributed by atoms with van der Waals surface area (Å²) in [5.41, 5.74) is 0. The molecule has 0 spiro atoms. The molecule has 6 nitrogen and oxygen atoms in total. The zero-order valence-electron chi connectivity index (χ0n) is 11.8. The molecular weight excluding hydrogens is 280 g/mol. The fraction of sp³-hybridized carbons (Fsp3) is 0.923. The SMILES string of the molecule is O=C(C1CCC(S(=O)(=O)O)C1)N1CCCCCNCC1. The molecule has 2 atom stereocenters. The van der Waals surface area contributed by atoms with E-state index in [2.05, 4.69) is 5.32 Å². The second-order valence-electron chi connectivity index (χ2n) is 5.78. The molecule has 116 valence electrons. The van der Waals surface area contributed by atoms with E-state index in [1.54, 1.807) is 0 Å². The molecule has 2 rings (SSSR count). The van der Waals surface area contributed by atoms with E-state index in [9.17, 15) is 13.2 Å². The summed E-state index contributed by atoms with van der Waals surface area (Å²) in [6.45, 7) is 3.23. The first kappa shape index (κ1) is 15.7. The Morgan fingerprint density at radius 1 is 1.10 bits per heavy atom. The largest absolute Gasteiger partial charge is 0.341 e. The van der Waals surface area contributed by atoms with Crippen LogP contribution in [0.5, 0.6) is 0 Å². The summed E-state index contributed by atoms with van der Waals surface area (Å²) in [7, 11) is -4.00. The molecule has 2 unspecified atom stereocenters. The predicted octanol–water partition coefficient (Wildman–Crippen LogP) is 0.645. The lowest BCUT2D eigenvalue weighted by atomic mass is 10.1. The molecule has 0 bridgehead atoms. The molecule has 2 aliphatic rings. The summed E-state index contributed by atoms with van der Waals surface area (Å²) < 4.78 is 31.4. The maximum atomic E-state index is 12.5. The van der Waals surface area contributed by atoms with Crippen LogP contribution in [0.4, 0.5) is 0 Å². The monoisotopic (exact) mass is 304 g/mol. The van der Waals surface area contributed by atoms with Gasteiger partial charge in [-0.05, 0) is 38.6 Å². The van der Waals surface area contributed by atoms with Gasteiger partial charge in [-0.25, -0.2) is 0 Å². The van der Waals surface area contributed by atoms with Crippen LogP contribution in [0.2, 0.25) is 0 Å². The van der Waals surface area contributed by atoms with E-state index in [-0.39, 0.29) is 18.2 Å². The van der Waals surface area contributed by atoms with Gasteiger partial charge in [0.25, 0.3) is 10.1 Å². The number of nitrogens with one attached hydrogen (secondary N) is 1. The number of nitrogens with zero attached hydrogens (tertiary/aromatic N) is 1. The number of hydrogen-bond acceptors (Lipinski definition) is 4. The molecule has 1 aliphatic heterocycles. The fourth-order valence-electron chi connectivity index (χ4n) is 3.09. The third-order valence-electron chi connectivity index (χ3n) is 4.31. The number of hydrogen-bond donors (Lipinski definition) is 2. The van der Waals surface area contributed by atoms with Gasteiger partial charge in [0.1, 0.15) is 0 Å². The van der Waals surface area contributed by atoms with E-state index < -0.39 is 15.4 Å². The van der Waals surface area contributed by atoms with Gasteiger partial charge in [-0.3, -0.25) is 9.35 Å². The minimum absolute atomic E-state index is 0.0554. The highest BCUT2D eigenvalue weighted by atomic mass is 32.2. The summed E-state index contributed by atoms with van der Waals surface area (Å²) in [5, 5.41) is 2.55. The standard InChI is InChI=1S/C13H24N2O4S/c16-13(11-4-5-12(10-11)20(17,18)19)15-8-3-1-2-6-14-7-9-15/h11-12,14H,1-10H2,(H,17,18,19). The maximum absolute atomic E-state index is 12.5. The number of carbonyl (C=O) groups is 1. The third-order valence-corrected chi connectivity index (χ3v) is 5.58. The Balaban J connectivity index is 1.92. The first-order valence-corrected chi connectivity index (χ1v) is 8.94. The maximum Gasteiger partial charge on any atom is 0.267 e. The fourth-order valence-corrected chi connectivity index (χ4v) is 4.00. The van der Waals surface area contributed by atoms with Crippen LogP contribution in [0.3, 0.4) is 0 Å². The molecule has 2 fully saturated rings. The van der Waals surface area contributed by atoms with Crippen LogP contribution in [0.25, 0.3) is 0 Å². The second kappa shape index (κ2) is 6.87. The van der Waals surface area contributed by atoms with E-state index in [4.69, 9.17) is 4.55 Å². The Labute approximate surface area is 120 Å². The zero-order valence-corrected chi connectivity index (χ0v) is 12.6. The Hall–Kier alpha value is -0.660. The molecule has 20 heavy (non-hydrogen) atoms. The van der Waals surface area contributed by atoms with Gasteiger partial charge >= 0.3 is 0 Å². The molecule has 0 aromatic carbocycles. The molecule has 0 aromatic heterocycles. The van der Waals surface area contributed by atoms with Gasteiger partial charge in [0.15, 0.2) is 0 Å². The molecule has 1 aliphatic carbocycles. The first-order chi connectivity index (χ1) is 9.48. The van der Waals surface area contributed by atoms with Gasteiger partial charge in [-0.1, -0.05) is 6.42 Å². The zero-order chi connectivity index (χ0) is 14.6. The van der Waals surface area contributed by atoms with Gasteiger partial charge in [0.2, 0.25) is 5.91 Å². The van der Waals surface area contributed by atoms with Gasteiger partial charge in [0, 0.05) is 25.6 Å². The average molecular weight is 304 g/mol. The van der Waals surface area contributed by atoms with Gasteiger partial charge < -0.3 is 10.2 Å². The Morgan fingerprint density at radius 2 is 1.90 bits per heavy atom. The van der Waals surface area contributed by atoms with Crippen LogP contribution in [0, 0.1) is 5.92 Å². The van der Waals surface area contributed by atoms with Crippen molar-refractivity contribution < 1.29 is 17.8 Å². The predicted molar refractivity (Wildman–Crippen MR) is 76.0 cm³/mol. The van der Waals surface area contributed by atoms with Crippen LogP contribution in [0.15, 0.2) is 0 Å². The van der Waals surface area contributed by atoms with Crippen LogP contribution >= 0.6 is 0 Å². The lowest BCUT2D eigenvalue weighted by Crippen LogP contribution is -2.40. The molecule has 1 amide bonds. The third kappa shape index (κ3) is 4.17. The quantitative estimate of drug-likeness (QED) is 0.731. The minimum atomic E-state index is -4.00. The van der Waals surface area contributed by atoms with Crippen LogP contribution in [-0.4, -0.2) is 55.2 Å². The van der Waals surface area contributed by atoms with Crippen LogP contribution in [-0.2, 0) is 14.9 Å². The average Bonchev–Trinajstić information content (AvgIpc) is 2.91. The lowest BCUT2D eigenvalue weighted by Gasteiger charge is -2.25. The summed E-state index contributed by atoms with van der Waals surface area (Å²) in [4.78, 5) is 14.3. The molecule has 7 heteroatoms. The van der Waals surface area contributed by atoms with Crippen molar-refractivity contribution in [1.82, 2.24) is 10.2 Å². The van der Waals surface area contributed by atoms with Crippen molar-refractivity contribution in [2.75, 3.05) is 26.2 Å². The van der Waals surface area contributed by atoms with E-state index in [0.29, 0.717) is 19.4 Å². The Bertz CT molecular complexity index is 428. The molecule has 1 heterocycles. The van der Waals surface area contributed by atoms with Crippen molar-refractivity contribution in [3.05, 3.63) is 0 Å². The topological polar surface area (TPSA) is 86.7 Å². The van der Waals surface area contributed by atoms with Crippen molar-refractivity contribution in [1.29, 1.82) is 0 Å². The number of rotatable bonds is 2. The highest BCUT2D eigenvalue weighted by Gasteiger charge is 2.38. The smallest absolute Gasteiger partial charge is 0.267 e. The Morgan fingerprint density at radius 3 is 2.60 bits per heavy atom. The Kier molecular flexibility index (Phi) is 5.40. The van der Waals surface area contributed by atoms with E-state index in [1.807, 2.05) is 4.90 Å². The highest BCUT2D eigenvalue weighted by molar-refractivity contribution is 7.86. The van der Waals surface area contributed by atoms with Gasteiger partial charge in [-0.2, -0.15) is 8.42 Å². The van der Waals surface area contributed by atoms with E-state index in [0.717, 1.165) is 38.9 Å². The summed E-state index contributed by atoms with van der Waals surface area (Å²) in [6, 6.07) is 0. The molecular formula is C13H24N2O4S. The second-order valence-corrected chi connectivity index (χ2v) is 7.48. The molecule has 0 radical (unpaired) electrons. The summed E-state index contributed by atoms with van der Waals surface area (Å²) >= 11 is 0. The number of amides is 1. The van der Waals surface area contributed by atoms with E-state index in [1.165, 1.54) is 0 Å². The van der Waals surface area contributed by atoms with Crippen molar-refractivity contribution in [2.24, 2.45) is 5.92 Å². The lowest BCUT2D eigenvalue weighted by molar-refractivity contribution is -0.135. The van der Waals surface area contributed by atoms with Crippen molar-refractivity contribution in [2.45, 2.75) is 43.8 Å². The minimum Gasteiger partial charge on any atom is -0.341 e. The van der Waals surface area contributed by atoms with Crippen molar-refractivity contribution >= 4 is 16.0 Å². The summed E-state index contributed by atoms with van der Waals surface area (Å²) in [6.07, 6.45) is 4.46. The van der Waals surface area contributed by atoms with Crippen LogP contribution < -0.4 is 5.32 Å².